The van der Waals surface area contributed by atoms with E-state index in [9.17, 15) is 4.79 Å². The SMILES string of the molecule is C=C(Cl)C(=O)NCc1cc(C)nn1C. The lowest BCUT2D eigenvalue weighted by atomic mass is 10.3. The van der Waals surface area contributed by atoms with Crippen molar-refractivity contribution in [1.29, 1.82) is 0 Å². The number of hydrogen-bond acceptors (Lipinski definition) is 2. The predicted molar refractivity (Wildman–Crippen MR) is 54.8 cm³/mol. The number of nitrogens with one attached hydrogen (secondary N) is 1. The van der Waals surface area contributed by atoms with Crippen molar-refractivity contribution in [2.45, 2.75) is 13.5 Å². The van der Waals surface area contributed by atoms with E-state index in [0.29, 0.717) is 6.54 Å². The quantitative estimate of drug-likeness (QED) is 0.765. The van der Waals surface area contributed by atoms with Gasteiger partial charge >= 0.3 is 0 Å². The maximum absolute atomic E-state index is 11.1. The number of amides is 1. The van der Waals surface area contributed by atoms with Gasteiger partial charge in [0.05, 0.1) is 23.0 Å². The third-order valence-electron chi connectivity index (χ3n) is 1.78. The first-order chi connectivity index (χ1) is 6.50. The summed E-state index contributed by atoms with van der Waals surface area (Å²) in [5.74, 6) is -0.356. The molecule has 0 unspecified atom stereocenters. The van der Waals surface area contributed by atoms with Crippen LogP contribution in [0.5, 0.6) is 0 Å². The van der Waals surface area contributed by atoms with Crippen molar-refractivity contribution in [2.75, 3.05) is 0 Å². The van der Waals surface area contributed by atoms with Crippen LogP contribution in [0, 0.1) is 6.92 Å². The summed E-state index contributed by atoms with van der Waals surface area (Å²) in [6.45, 7) is 5.63. The summed E-state index contributed by atoms with van der Waals surface area (Å²) in [6.07, 6.45) is 0. The Balaban J connectivity index is 2.58. The van der Waals surface area contributed by atoms with Crippen molar-refractivity contribution in [2.24, 2.45) is 7.05 Å². The molecule has 76 valence electrons. The van der Waals surface area contributed by atoms with Crippen LogP contribution in [0.1, 0.15) is 11.4 Å². The summed E-state index contributed by atoms with van der Waals surface area (Å²) in [5.41, 5.74) is 1.84. The van der Waals surface area contributed by atoms with Crippen LogP contribution in [0.25, 0.3) is 0 Å². The predicted octanol–water partition coefficient (Wildman–Crippen LogP) is 1.10. The van der Waals surface area contributed by atoms with Crippen molar-refractivity contribution >= 4 is 17.5 Å². The maximum atomic E-state index is 11.1. The molecule has 0 aliphatic rings. The van der Waals surface area contributed by atoms with Crippen LogP contribution >= 0.6 is 11.6 Å². The Hall–Kier alpha value is -1.29. The molecule has 5 heteroatoms. The number of carbonyl (C=O) groups excluding carboxylic acids is 1. The van der Waals surface area contributed by atoms with Crippen molar-refractivity contribution in [1.82, 2.24) is 15.1 Å². The second-order valence-electron chi connectivity index (χ2n) is 2.99. The molecular weight excluding hydrogens is 202 g/mol. The second-order valence-corrected chi connectivity index (χ2v) is 3.44. The molecule has 0 bridgehead atoms. The van der Waals surface area contributed by atoms with Gasteiger partial charge in [-0.25, -0.2) is 0 Å². The third kappa shape index (κ3) is 2.60. The van der Waals surface area contributed by atoms with E-state index in [-0.39, 0.29) is 10.9 Å². The summed E-state index contributed by atoms with van der Waals surface area (Å²) >= 11 is 5.41. The molecule has 0 atom stereocenters. The van der Waals surface area contributed by atoms with Gasteiger partial charge in [0.2, 0.25) is 0 Å². The molecule has 0 saturated carbocycles. The Morgan fingerprint density at radius 3 is 2.86 bits per heavy atom. The lowest BCUT2D eigenvalue weighted by Crippen LogP contribution is -2.23. The smallest absolute Gasteiger partial charge is 0.262 e. The summed E-state index contributed by atoms with van der Waals surface area (Å²) in [5, 5.41) is 6.75. The topological polar surface area (TPSA) is 46.9 Å². The lowest BCUT2D eigenvalue weighted by Gasteiger charge is -2.03. The molecular formula is C9H12ClN3O. The molecule has 0 aromatic carbocycles. The standard InChI is InChI=1S/C9H12ClN3O/c1-6-4-8(13(3)12-6)5-11-9(14)7(2)10/h4H,2,5H2,1,3H3,(H,11,14). The average Bonchev–Trinajstić information content (AvgIpc) is 2.40. The summed E-state index contributed by atoms with van der Waals surface area (Å²) in [4.78, 5) is 11.1. The van der Waals surface area contributed by atoms with E-state index < -0.39 is 0 Å². The van der Waals surface area contributed by atoms with Crippen LogP contribution < -0.4 is 5.32 Å². The van der Waals surface area contributed by atoms with Gasteiger partial charge in [-0.05, 0) is 13.0 Å². The number of halogens is 1. The van der Waals surface area contributed by atoms with Crippen LogP contribution in [0.2, 0.25) is 0 Å². The third-order valence-corrected chi connectivity index (χ3v) is 1.95. The second kappa shape index (κ2) is 4.28. The van der Waals surface area contributed by atoms with Gasteiger partial charge < -0.3 is 5.32 Å². The fourth-order valence-corrected chi connectivity index (χ4v) is 1.16. The molecule has 0 aliphatic carbocycles. The Kier molecular flexibility index (Phi) is 3.30. The maximum Gasteiger partial charge on any atom is 0.262 e. The van der Waals surface area contributed by atoms with E-state index in [0.717, 1.165) is 11.4 Å². The molecule has 1 heterocycles. The molecule has 0 saturated heterocycles. The van der Waals surface area contributed by atoms with Crippen LogP contribution in [0.3, 0.4) is 0 Å². The summed E-state index contributed by atoms with van der Waals surface area (Å²) in [6, 6.07) is 1.90. The van der Waals surface area contributed by atoms with Gasteiger partial charge in [-0.2, -0.15) is 5.10 Å². The van der Waals surface area contributed by atoms with Crippen molar-refractivity contribution < 1.29 is 4.79 Å². The zero-order valence-electron chi connectivity index (χ0n) is 8.17. The van der Waals surface area contributed by atoms with Crippen molar-refractivity contribution in [3.8, 4) is 0 Å². The van der Waals surface area contributed by atoms with E-state index in [2.05, 4.69) is 17.0 Å². The first-order valence-corrected chi connectivity index (χ1v) is 4.50. The fourth-order valence-electron chi connectivity index (χ4n) is 1.10. The minimum absolute atomic E-state index is 0.0103. The molecule has 4 nitrogen and oxygen atoms in total. The zero-order chi connectivity index (χ0) is 10.7. The number of aromatic nitrogens is 2. The highest BCUT2D eigenvalue weighted by atomic mass is 35.5. The van der Waals surface area contributed by atoms with E-state index in [1.54, 1.807) is 4.68 Å². The molecule has 0 fully saturated rings. The van der Waals surface area contributed by atoms with Crippen LogP contribution in [0.15, 0.2) is 17.7 Å². The van der Waals surface area contributed by atoms with Gasteiger partial charge in [0, 0.05) is 7.05 Å². The summed E-state index contributed by atoms with van der Waals surface area (Å²) in [7, 11) is 1.82. The molecule has 14 heavy (non-hydrogen) atoms. The Bertz CT molecular complexity index is 370. The minimum Gasteiger partial charge on any atom is -0.346 e. The highest BCUT2D eigenvalue weighted by molar-refractivity contribution is 6.41. The van der Waals surface area contributed by atoms with Crippen LogP contribution in [-0.4, -0.2) is 15.7 Å². The van der Waals surface area contributed by atoms with Gasteiger partial charge in [-0.1, -0.05) is 18.2 Å². The molecule has 0 radical (unpaired) electrons. The normalized spacial score (nSPS) is 9.93. The Morgan fingerprint density at radius 1 is 1.79 bits per heavy atom. The molecule has 0 spiro atoms. The van der Waals surface area contributed by atoms with Crippen LogP contribution in [-0.2, 0) is 18.4 Å². The van der Waals surface area contributed by atoms with Gasteiger partial charge in [0.15, 0.2) is 0 Å². The Morgan fingerprint density at radius 2 is 2.43 bits per heavy atom. The van der Waals surface area contributed by atoms with Crippen molar-refractivity contribution in [3.63, 3.8) is 0 Å². The largest absolute Gasteiger partial charge is 0.346 e. The van der Waals surface area contributed by atoms with Crippen LogP contribution in [0.4, 0.5) is 0 Å². The zero-order valence-corrected chi connectivity index (χ0v) is 8.93. The number of rotatable bonds is 3. The highest BCUT2D eigenvalue weighted by Gasteiger charge is 2.05. The number of carbonyl (C=O) groups is 1. The Labute approximate surface area is 87.6 Å². The van der Waals surface area contributed by atoms with Gasteiger partial charge in [0.25, 0.3) is 5.91 Å². The molecule has 1 amide bonds. The molecule has 1 rings (SSSR count). The minimum atomic E-state index is -0.356. The van der Waals surface area contributed by atoms with E-state index in [4.69, 9.17) is 11.6 Å². The van der Waals surface area contributed by atoms with E-state index in [1.165, 1.54) is 0 Å². The fraction of sp³-hybridized carbons (Fsp3) is 0.333. The van der Waals surface area contributed by atoms with Gasteiger partial charge in [0.1, 0.15) is 0 Å². The lowest BCUT2D eigenvalue weighted by molar-refractivity contribution is -0.117. The van der Waals surface area contributed by atoms with E-state index >= 15 is 0 Å². The molecule has 0 aliphatic heterocycles. The monoisotopic (exact) mass is 213 g/mol. The molecule has 1 aromatic rings. The number of hydrogen-bond donors (Lipinski definition) is 1. The first-order valence-electron chi connectivity index (χ1n) is 4.13. The molecule has 1 N–H and O–H groups in total. The number of nitrogens with zero attached hydrogens (tertiary/aromatic N) is 2. The number of aryl methyl sites for hydroxylation is 2. The molecule has 1 aromatic heterocycles. The van der Waals surface area contributed by atoms with Gasteiger partial charge in [-0.15, -0.1) is 0 Å². The van der Waals surface area contributed by atoms with Gasteiger partial charge in [-0.3, -0.25) is 9.48 Å². The average molecular weight is 214 g/mol. The first kappa shape index (κ1) is 10.8. The highest BCUT2D eigenvalue weighted by Crippen LogP contribution is 2.02. The van der Waals surface area contributed by atoms with E-state index in [1.807, 2.05) is 20.0 Å². The summed E-state index contributed by atoms with van der Waals surface area (Å²) < 4.78 is 1.71. The van der Waals surface area contributed by atoms with Crippen molar-refractivity contribution in [3.05, 3.63) is 29.1 Å².